The van der Waals surface area contributed by atoms with E-state index in [1.54, 1.807) is 5.82 Å². The van der Waals surface area contributed by atoms with Crippen molar-refractivity contribution in [3.8, 4) is 0 Å². The molecule has 0 aliphatic heterocycles. The Morgan fingerprint density at radius 1 is 0.436 bits per heavy atom. The molecule has 1 aromatic rings. The Kier molecular flexibility index (Phi) is 26.7. The molecule has 0 saturated heterocycles. The number of aryl methyl sites for hydroxylation is 2. The van der Waals surface area contributed by atoms with Crippen LogP contribution >= 0.6 is 0 Å². The highest BCUT2D eigenvalue weighted by atomic mass is 15.1. The predicted octanol–water partition coefficient (Wildman–Crippen LogP) is 12.3. The number of rotatable bonds is 31. The molecule has 39 heavy (non-hydrogen) atoms. The molecule has 1 heterocycles. The van der Waals surface area contributed by atoms with Crippen LogP contribution in [0.3, 0.4) is 0 Å². The molecule has 0 amide bonds. The highest BCUT2D eigenvalue weighted by molar-refractivity contribution is 4.83. The lowest BCUT2D eigenvalue weighted by Gasteiger charge is -2.05. The molecule has 0 aromatic carbocycles. The van der Waals surface area contributed by atoms with E-state index in [1.807, 2.05) is 0 Å². The Bertz CT molecular complexity index is 605. The maximum Gasteiger partial charge on any atom is 0.256 e. The smallest absolute Gasteiger partial charge is 0.234 e. The third-order valence-electron chi connectivity index (χ3n) is 8.91. The summed E-state index contributed by atoms with van der Waals surface area (Å²) in [4.78, 5) is 0. The van der Waals surface area contributed by atoms with Crippen molar-refractivity contribution in [1.82, 2.24) is 4.57 Å². The zero-order chi connectivity index (χ0) is 28.1. The summed E-state index contributed by atoms with van der Waals surface area (Å²) in [5, 5.41) is 0. The van der Waals surface area contributed by atoms with E-state index < -0.39 is 0 Å². The fourth-order valence-electron chi connectivity index (χ4n) is 6.26. The highest BCUT2D eigenvalue weighted by Crippen LogP contribution is 2.15. The molecule has 0 saturated carbocycles. The second-order valence-corrected chi connectivity index (χ2v) is 12.6. The lowest BCUT2D eigenvalue weighted by atomic mass is 10.0. The molecular formula is C37H73N2+. The summed E-state index contributed by atoms with van der Waals surface area (Å²) in [7, 11) is 0. The largest absolute Gasteiger partial charge is 0.256 e. The maximum atomic E-state index is 2.55. The van der Waals surface area contributed by atoms with E-state index >= 15 is 0 Å². The van der Waals surface area contributed by atoms with Gasteiger partial charge in [0.15, 0.2) is 0 Å². The monoisotopic (exact) mass is 546 g/mol. The Labute approximate surface area is 247 Å². The minimum absolute atomic E-state index is 1.16. The van der Waals surface area contributed by atoms with Crippen LogP contribution in [0.25, 0.3) is 0 Å². The fraction of sp³-hybridized carbons (Fsp3) is 0.919. The van der Waals surface area contributed by atoms with Crippen molar-refractivity contribution in [2.75, 3.05) is 0 Å². The molecule has 0 unspecified atom stereocenters. The van der Waals surface area contributed by atoms with E-state index in [0.29, 0.717) is 0 Å². The van der Waals surface area contributed by atoms with Gasteiger partial charge in [-0.05, 0) is 25.7 Å². The van der Waals surface area contributed by atoms with Gasteiger partial charge in [0.25, 0.3) is 5.82 Å². The maximum absolute atomic E-state index is 2.55. The quantitative estimate of drug-likeness (QED) is 0.0648. The molecule has 2 heteroatoms. The Hall–Kier alpha value is -0.790. The topological polar surface area (TPSA) is 8.81 Å². The van der Waals surface area contributed by atoms with E-state index in [0.717, 1.165) is 6.42 Å². The highest BCUT2D eigenvalue weighted by Gasteiger charge is 2.14. The van der Waals surface area contributed by atoms with Gasteiger partial charge in [0.1, 0.15) is 12.4 Å². The van der Waals surface area contributed by atoms with Crippen molar-refractivity contribution in [2.24, 2.45) is 0 Å². The normalized spacial score (nSPS) is 11.6. The van der Waals surface area contributed by atoms with Crippen LogP contribution in [0.2, 0.25) is 0 Å². The molecule has 0 aliphatic rings. The molecule has 0 fully saturated rings. The van der Waals surface area contributed by atoms with Gasteiger partial charge < -0.3 is 0 Å². The first-order chi connectivity index (χ1) is 19.3. The molecule has 230 valence electrons. The summed E-state index contributed by atoms with van der Waals surface area (Å²) in [5.41, 5.74) is 0. The minimum atomic E-state index is 1.16. The molecule has 1 rings (SSSR count). The molecular weight excluding hydrogens is 472 g/mol. The van der Waals surface area contributed by atoms with Crippen molar-refractivity contribution >= 4 is 0 Å². The van der Waals surface area contributed by atoms with Gasteiger partial charge in [-0.15, -0.1) is 0 Å². The van der Waals surface area contributed by atoms with Gasteiger partial charge in [0.05, 0.1) is 13.1 Å². The molecule has 2 nitrogen and oxygen atoms in total. The van der Waals surface area contributed by atoms with Crippen LogP contribution in [0.5, 0.6) is 0 Å². The Morgan fingerprint density at radius 2 is 0.769 bits per heavy atom. The number of nitrogens with zero attached hydrogens (tertiary/aromatic N) is 2. The molecule has 0 aliphatic carbocycles. The summed E-state index contributed by atoms with van der Waals surface area (Å²) < 4.78 is 5.09. The van der Waals surface area contributed by atoms with Crippen LogP contribution in [-0.2, 0) is 19.5 Å². The molecule has 0 N–H and O–H groups in total. The van der Waals surface area contributed by atoms with E-state index in [1.165, 1.54) is 193 Å². The first-order valence-electron chi connectivity index (χ1n) is 18.4. The number of aromatic nitrogens is 2. The molecule has 0 atom stereocenters. The van der Waals surface area contributed by atoms with Crippen molar-refractivity contribution in [2.45, 2.75) is 220 Å². The van der Waals surface area contributed by atoms with E-state index in [-0.39, 0.29) is 0 Å². The fourth-order valence-corrected chi connectivity index (χ4v) is 6.26. The average Bonchev–Trinajstić information content (AvgIpc) is 3.34. The SMILES string of the molecule is CCCCCCCCCCCCCCCCCn1cc[n+](CCCCCCCCCCCCCCC)c1CC. The van der Waals surface area contributed by atoms with Crippen LogP contribution in [0.1, 0.15) is 206 Å². The standard InChI is InChI=1S/C37H73N2/c1-4-7-9-11-13-15-17-19-20-22-24-26-28-30-32-34-39-36-35-38(37(39)6-3)33-31-29-27-25-23-21-18-16-14-12-10-8-5-2/h35-36H,4-34H2,1-3H3/q+1. The van der Waals surface area contributed by atoms with Crippen molar-refractivity contribution in [3.63, 3.8) is 0 Å². The van der Waals surface area contributed by atoms with E-state index in [4.69, 9.17) is 0 Å². The molecule has 0 bridgehead atoms. The number of unbranched alkanes of at least 4 members (excludes halogenated alkanes) is 26. The summed E-state index contributed by atoms with van der Waals surface area (Å²) in [6.45, 7) is 9.37. The summed E-state index contributed by atoms with van der Waals surface area (Å²) >= 11 is 0. The van der Waals surface area contributed by atoms with Gasteiger partial charge in [0.2, 0.25) is 0 Å². The Balaban J connectivity index is 1.95. The number of imidazole rings is 1. The van der Waals surface area contributed by atoms with Crippen LogP contribution in [0.4, 0.5) is 0 Å². The molecule has 0 spiro atoms. The zero-order valence-electron chi connectivity index (χ0n) is 27.5. The van der Waals surface area contributed by atoms with E-state index in [9.17, 15) is 0 Å². The summed E-state index contributed by atoms with van der Waals surface area (Å²) in [6.07, 6.45) is 46.2. The van der Waals surface area contributed by atoms with Gasteiger partial charge in [-0.25, -0.2) is 9.13 Å². The predicted molar refractivity (Wildman–Crippen MR) is 175 cm³/mol. The minimum Gasteiger partial charge on any atom is -0.234 e. The van der Waals surface area contributed by atoms with Gasteiger partial charge in [-0.2, -0.15) is 0 Å². The van der Waals surface area contributed by atoms with Crippen LogP contribution < -0.4 is 4.57 Å². The number of hydrogen-bond donors (Lipinski definition) is 0. The first-order valence-corrected chi connectivity index (χ1v) is 18.4. The van der Waals surface area contributed by atoms with Crippen molar-refractivity contribution in [3.05, 3.63) is 18.2 Å². The van der Waals surface area contributed by atoms with Crippen molar-refractivity contribution in [1.29, 1.82) is 0 Å². The lowest BCUT2D eigenvalue weighted by Crippen LogP contribution is -2.37. The Morgan fingerprint density at radius 3 is 1.13 bits per heavy atom. The van der Waals surface area contributed by atoms with Crippen LogP contribution in [0, 0.1) is 0 Å². The van der Waals surface area contributed by atoms with Gasteiger partial charge in [-0.3, -0.25) is 0 Å². The summed E-state index contributed by atoms with van der Waals surface area (Å²) in [6, 6.07) is 0. The number of hydrogen-bond acceptors (Lipinski definition) is 0. The second kappa shape index (κ2) is 28.7. The van der Waals surface area contributed by atoms with Gasteiger partial charge in [-0.1, -0.05) is 175 Å². The van der Waals surface area contributed by atoms with Crippen molar-refractivity contribution < 1.29 is 4.57 Å². The van der Waals surface area contributed by atoms with E-state index in [2.05, 4.69) is 42.3 Å². The second-order valence-electron chi connectivity index (χ2n) is 12.6. The average molecular weight is 546 g/mol. The lowest BCUT2D eigenvalue weighted by molar-refractivity contribution is -0.704. The van der Waals surface area contributed by atoms with Gasteiger partial charge in [0, 0.05) is 6.42 Å². The van der Waals surface area contributed by atoms with Crippen LogP contribution in [0.15, 0.2) is 12.4 Å². The third-order valence-corrected chi connectivity index (χ3v) is 8.91. The zero-order valence-corrected chi connectivity index (χ0v) is 27.5. The van der Waals surface area contributed by atoms with Gasteiger partial charge >= 0.3 is 0 Å². The summed E-state index contributed by atoms with van der Waals surface area (Å²) in [5.74, 6) is 1.54. The molecule has 1 aromatic heterocycles. The first kappa shape index (κ1) is 36.2. The third kappa shape index (κ3) is 21.6. The van der Waals surface area contributed by atoms with Crippen LogP contribution in [-0.4, -0.2) is 4.57 Å². The molecule has 0 radical (unpaired) electrons.